The summed E-state index contributed by atoms with van der Waals surface area (Å²) in [7, 11) is 1.49. The summed E-state index contributed by atoms with van der Waals surface area (Å²) in [6.45, 7) is 3.83. The van der Waals surface area contributed by atoms with Crippen LogP contribution < -0.4 is 20.1 Å². The Hall–Kier alpha value is -5.13. The minimum absolute atomic E-state index is 0.0431. The van der Waals surface area contributed by atoms with E-state index >= 15 is 0 Å². The van der Waals surface area contributed by atoms with Gasteiger partial charge in [0.25, 0.3) is 0 Å². The van der Waals surface area contributed by atoms with Crippen molar-refractivity contribution in [2.24, 2.45) is 0 Å². The molecule has 0 aliphatic carbocycles. The molecule has 0 radical (unpaired) electrons. The van der Waals surface area contributed by atoms with Crippen LogP contribution in [0.25, 0.3) is 5.76 Å². The fraction of sp³-hybridized carbons (Fsp3) is 0.182. The third kappa shape index (κ3) is 9.18. The average molecular weight is 631 g/mol. The van der Waals surface area contributed by atoms with Crippen molar-refractivity contribution in [3.8, 4) is 11.5 Å². The van der Waals surface area contributed by atoms with Crippen molar-refractivity contribution in [3.63, 3.8) is 0 Å². The van der Waals surface area contributed by atoms with Gasteiger partial charge in [0.15, 0.2) is 0 Å². The highest BCUT2D eigenvalue weighted by Gasteiger charge is 2.39. The Balaban J connectivity index is 1.78. The number of urea groups is 1. The van der Waals surface area contributed by atoms with Gasteiger partial charge in [-0.15, -0.1) is 26.3 Å². The molecule has 0 aliphatic rings. The van der Waals surface area contributed by atoms with Crippen LogP contribution in [0.2, 0.25) is 0 Å². The number of benzene rings is 4. The minimum Gasteiger partial charge on any atom is -0.497 e. The molecule has 6 nitrogen and oxygen atoms in total. The lowest BCUT2D eigenvalue weighted by molar-refractivity contribution is -0.275. The molecular formula is C33H28F6N2O4. The van der Waals surface area contributed by atoms with E-state index < -0.39 is 35.8 Å². The van der Waals surface area contributed by atoms with Crippen molar-refractivity contribution < 1.29 is 45.3 Å². The smallest absolute Gasteiger partial charge is 0.497 e. The molecule has 0 aliphatic heterocycles. The quantitative estimate of drug-likeness (QED) is 0.130. The molecule has 12 heteroatoms. The van der Waals surface area contributed by atoms with Gasteiger partial charge in [-0.05, 0) is 46.5 Å². The van der Waals surface area contributed by atoms with Crippen LogP contribution in [0.15, 0.2) is 110 Å². The first kappa shape index (κ1) is 32.8. The Morgan fingerprint density at radius 3 is 1.73 bits per heavy atom. The van der Waals surface area contributed by atoms with Gasteiger partial charge >= 0.3 is 18.8 Å². The van der Waals surface area contributed by atoms with Crippen LogP contribution in [0.5, 0.6) is 11.5 Å². The normalized spacial score (nSPS) is 11.8. The van der Waals surface area contributed by atoms with Gasteiger partial charge in [0.2, 0.25) is 0 Å². The number of hydrogen-bond donors (Lipinski definition) is 2. The third-order valence-corrected chi connectivity index (χ3v) is 6.74. The molecule has 0 atom stereocenters. The molecule has 0 fully saturated rings. The first-order valence-corrected chi connectivity index (χ1v) is 13.4. The second kappa shape index (κ2) is 13.7. The lowest BCUT2D eigenvalue weighted by atomic mass is 9.77. The third-order valence-electron chi connectivity index (χ3n) is 6.74. The van der Waals surface area contributed by atoms with E-state index in [2.05, 4.69) is 26.7 Å². The van der Waals surface area contributed by atoms with E-state index in [0.717, 1.165) is 29.8 Å². The highest BCUT2D eigenvalue weighted by Crippen LogP contribution is 2.38. The molecular weight excluding hydrogens is 602 g/mol. The minimum atomic E-state index is -5.02. The van der Waals surface area contributed by atoms with Gasteiger partial charge in [-0.25, -0.2) is 4.79 Å². The van der Waals surface area contributed by atoms with Crippen LogP contribution in [0.4, 0.5) is 31.1 Å². The van der Waals surface area contributed by atoms with Crippen molar-refractivity contribution in [3.05, 3.63) is 138 Å². The zero-order chi connectivity index (χ0) is 32.7. The summed E-state index contributed by atoms with van der Waals surface area (Å²) in [5.41, 5.74) is 0.560. The van der Waals surface area contributed by atoms with Gasteiger partial charge in [0.05, 0.1) is 12.6 Å². The fourth-order valence-electron chi connectivity index (χ4n) is 4.73. The zero-order valence-electron chi connectivity index (χ0n) is 23.8. The Labute approximate surface area is 255 Å². The Morgan fingerprint density at radius 2 is 1.24 bits per heavy atom. The molecule has 45 heavy (non-hydrogen) atoms. The largest absolute Gasteiger partial charge is 0.573 e. The topological polar surface area (TPSA) is 68.8 Å². The molecule has 0 unspecified atom stereocenters. The summed E-state index contributed by atoms with van der Waals surface area (Å²) in [5, 5.41) is 5.56. The van der Waals surface area contributed by atoms with Crippen molar-refractivity contribution in [2.45, 2.75) is 31.2 Å². The molecule has 0 saturated heterocycles. The van der Waals surface area contributed by atoms with Crippen LogP contribution in [0.3, 0.4) is 0 Å². The number of nitrogens with one attached hydrogen (secondary N) is 2. The van der Waals surface area contributed by atoms with E-state index in [4.69, 9.17) is 4.74 Å². The second-order valence-corrected chi connectivity index (χ2v) is 9.85. The summed E-state index contributed by atoms with van der Waals surface area (Å²) in [4.78, 5) is 13.5. The lowest BCUT2D eigenvalue weighted by Crippen LogP contribution is -2.52. The zero-order valence-corrected chi connectivity index (χ0v) is 23.8. The number of carbonyl (C=O) groups is 1. The predicted octanol–water partition coefficient (Wildman–Crippen LogP) is 8.09. The van der Waals surface area contributed by atoms with E-state index in [1.807, 2.05) is 0 Å². The van der Waals surface area contributed by atoms with Gasteiger partial charge in [-0.2, -0.15) is 0 Å². The van der Waals surface area contributed by atoms with E-state index in [-0.39, 0.29) is 24.1 Å². The number of halogens is 6. The van der Waals surface area contributed by atoms with Gasteiger partial charge < -0.3 is 24.8 Å². The SMILES string of the molecule is C=C(OC)c1ccc(CNC(=O)NC(Cc2ccccc2)(c2cccc(OC(F)(F)F)c2)c2cccc(OC(F)(F)F)c2)cc1. The van der Waals surface area contributed by atoms with Gasteiger partial charge in [-0.3, -0.25) is 0 Å². The lowest BCUT2D eigenvalue weighted by Gasteiger charge is -2.37. The van der Waals surface area contributed by atoms with Gasteiger partial charge in [0, 0.05) is 18.5 Å². The second-order valence-electron chi connectivity index (χ2n) is 9.85. The van der Waals surface area contributed by atoms with E-state index in [9.17, 15) is 31.1 Å². The van der Waals surface area contributed by atoms with Gasteiger partial charge in [0.1, 0.15) is 17.3 Å². The van der Waals surface area contributed by atoms with Crippen molar-refractivity contribution in [2.75, 3.05) is 7.11 Å². The van der Waals surface area contributed by atoms with Crippen LogP contribution in [0, 0.1) is 0 Å². The Morgan fingerprint density at radius 1 is 0.711 bits per heavy atom. The molecule has 0 bridgehead atoms. The maximum Gasteiger partial charge on any atom is 0.573 e. The molecule has 0 heterocycles. The number of hydrogen-bond acceptors (Lipinski definition) is 4. The fourth-order valence-corrected chi connectivity index (χ4v) is 4.73. The summed E-state index contributed by atoms with van der Waals surface area (Å²) in [5.74, 6) is -0.716. The van der Waals surface area contributed by atoms with Crippen LogP contribution in [-0.4, -0.2) is 25.9 Å². The molecule has 2 N–H and O–H groups in total. The highest BCUT2D eigenvalue weighted by atomic mass is 19.4. The van der Waals surface area contributed by atoms with Crippen molar-refractivity contribution >= 4 is 11.8 Å². The maximum absolute atomic E-state index is 13.5. The van der Waals surface area contributed by atoms with Crippen LogP contribution >= 0.6 is 0 Å². The number of amides is 2. The number of methoxy groups -OCH3 is 1. The van der Waals surface area contributed by atoms with Crippen LogP contribution in [0.1, 0.15) is 27.8 Å². The standard InChI is InChI=1S/C33H28F6N2O4/c1-22(43-2)25-16-14-24(15-17-25)21-40-30(42)41-31(20-23-8-4-3-5-9-23,26-10-6-12-28(18-26)44-32(34,35)36)27-11-7-13-29(19-27)45-33(37,38)39/h3-19H,1,20-21H2,2H3,(H2,40,41,42). The molecule has 2 amide bonds. The molecule has 236 valence electrons. The molecule has 0 saturated carbocycles. The summed E-state index contributed by atoms with van der Waals surface area (Å²) >= 11 is 0. The summed E-state index contributed by atoms with van der Waals surface area (Å²) < 4.78 is 92.4. The van der Waals surface area contributed by atoms with Crippen molar-refractivity contribution in [1.82, 2.24) is 10.6 Å². The van der Waals surface area contributed by atoms with Crippen molar-refractivity contribution in [1.29, 1.82) is 0 Å². The van der Waals surface area contributed by atoms with E-state index in [0.29, 0.717) is 16.9 Å². The first-order valence-electron chi connectivity index (χ1n) is 13.4. The van der Waals surface area contributed by atoms with Gasteiger partial charge in [-0.1, -0.05) is 85.4 Å². The van der Waals surface area contributed by atoms with E-state index in [1.165, 1.54) is 31.4 Å². The highest BCUT2D eigenvalue weighted by molar-refractivity contribution is 5.76. The Kier molecular flexibility index (Phi) is 9.95. The average Bonchev–Trinajstić information content (AvgIpc) is 2.98. The molecule has 0 aromatic heterocycles. The molecule has 4 aromatic carbocycles. The molecule has 4 aromatic rings. The number of ether oxygens (including phenoxy) is 3. The molecule has 0 spiro atoms. The monoisotopic (exact) mass is 630 g/mol. The summed E-state index contributed by atoms with van der Waals surface area (Å²) in [6, 6.07) is 24.6. The first-order chi connectivity index (χ1) is 21.3. The Bertz CT molecular complexity index is 1550. The number of rotatable bonds is 11. The molecule has 4 rings (SSSR count). The number of carbonyl (C=O) groups excluding carboxylic acids is 1. The predicted molar refractivity (Wildman–Crippen MR) is 155 cm³/mol. The van der Waals surface area contributed by atoms with Crippen LogP contribution in [-0.2, 0) is 23.2 Å². The summed E-state index contributed by atoms with van der Waals surface area (Å²) in [6.07, 6.45) is -10.1. The number of alkyl halides is 6. The maximum atomic E-state index is 13.5. The van der Waals surface area contributed by atoms with E-state index in [1.54, 1.807) is 54.6 Å².